The Bertz CT molecular complexity index is 1380. The Balaban J connectivity index is 1.40. The molecule has 3 aromatic rings. The molecular formula is C30H26N2O5S2. The summed E-state index contributed by atoms with van der Waals surface area (Å²) in [5.74, 6) is -1.43. The molecule has 0 aliphatic carbocycles. The molecule has 1 N–H and O–H groups in total. The zero-order valence-corrected chi connectivity index (χ0v) is 22.7. The number of hydrogen-bond acceptors (Lipinski definition) is 7. The average Bonchev–Trinajstić information content (AvgIpc) is 3.46. The Kier molecular flexibility index (Phi) is 8.09. The lowest BCUT2D eigenvalue weighted by atomic mass is 9.96. The average molecular weight is 559 g/mol. The molecule has 7 nitrogen and oxygen atoms in total. The van der Waals surface area contributed by atoms with Gasteiger partial charge in [-0.1, -0.05) is 72.8 Å². The quantitative estimate of drug-likeness (QED) is 0.238. The van der Waals surface area contributed by atoms with E-state index < -0.39 is 29.5 Å². The number of carbonyl (C=O) groups is 4. The van der Waals surface area contributed by atoms with Crippen molar-refractivity contribution in [3.05, 3.63) is 117 Å². The maximum Gasteiger partial charge on any atom is 0.334 e. The Labute approximate surface area is 234 Å². The summed E-state index contributed by atoms with van der Waals surface area (Å²) in [5.41, 5.74) is 2.06. The van der Waals surface area contributed by atoms with E-state index >= 15 is 0 Å². The van der Waals surface area contributed by atoms with Crippen molar-refractivity contribution < 1.29 is 23.9 Å². The van der Waals surface area contributed by atoms with Crippen LogP contribution in [0.5, 0.6) is 0 Å². The Morgan fingerprint density at radius 2 is 1.67 bits per heavy atom. The van der Waals surface area contributed by atoms with Crippen LogP contribution in [0.3, 0.4) is 0 Å². The predicted molar refractivity (Wildman–Crippen MR) is 151 cm³/mol. The SMILES string of the molecule is CC(=O)/C=C/C1=CS[C@@H]2[C@H](NC(=O)Cc3cccs3)C(=O)N2C1C(=O)OC(c1ccccc1)c1ccccc1. The van der Waals surface area contributed by atoms with Gasteiger partial charge in [-0.05, 0) is 46.6 Å². The van der Waals surface area contributed by atoms with Crippen LogP contribution in [-0.4, -0.2) is 45.9 Å². The Morgan fingerprint density at radius 3 is 2.26 bits per heavy atom. The molecule has 1 aromatic heterocycles. The smallest absolute Gasteiger partial charge is 0.334 e. The van der Waals surface area contributed by atoms with Gasteiger partial charge in [0.2, 0.25) is 11.8 Å². The number of thioether (sulfide) groups is 1. The number of ether oxygens (including phenoxy) is 1. The minimum Gasteiger partial charge on any atom is -0.451 e. The number of esters is 1. The number of benzene rings is 2. The van der Waals surface area contributed by atoms with Gasteiger partial charge in [-0.2, -0.15) is 0 Å². The molecular weight excluding hydrogens is 532 g/mol. The number of ketones is 1. The summed E-state index contributed by atoms with van der Waals surface area (Å²) in [6, 6.07) is 20.7. The van der Waals surface area contributed by atoms with Gasteiger partial charge in [0.15, 0.2) is 17.9 Å². The predicted octanol–water partition coefficient (Wildman–Crippen LogP) is 4.42. The van der Waals surface area contributed by atoms with E-state index in [4.69, 9.17) is 4.74 Å². The first-order valence-electron chi connectivity index (χ1n) is 12.4. The number of hydrogen-bond donors (Lipinski definition) is 1. The third kappa shape index (κ3) is 5.89. The summed E-state index contributed by atoms with van der Waals surface area (Å²) >= 11 is 2.80. The normalized spacial score (nSPS) is 20.3. The summed E-state index contributed by atoms with van der Waals surface area (Å²) in [4.78, 5) is 53.8. The van der Waals surface area contributed by atoms with Crippen molar-refractivity contribution in [2.75, 3.05) is 0 Å². The molecule has 1 fully saturated rings. The van der Waals surface area contributed by atoms with Crippen molar-refractivity contribution in [1.82, 2.24) is 10.2 Å². The molecule has 1 unspecified atom stereocenters. The second-order valence-corrected chi connectivity index (χ2v) is 11.2. The summed E-state index contributed by atoms with van der Waals surface area (Å²) < 4.78 is 6.10. The second kappa shape index (κ2) is 11.8. The van der Waals surface area contributed by atoms with Crippen LogP contribution in [0.1, 0.15) is 29.0 Å². The third-order valence-electron chi connectivity index (χ3n) is 6.42. The molecule has 0 saturated carbocycles. The van der Waals surface area contributed by atoms with Crippen molar-refractivity contribution in [3.8, 4) is 0 Å². The lowest BCUT2D eigenvalue weighted by molar-refractivity contribution is -0.165. The highest BCUT2D eigenvalue weighted by molar-refractivity contribution is 8.03. The van der Waals surface area contributed by atoms with Gasteiger partial charge in [0.1, 0.15) is 11.4 Å². The van der Waals surface area contributed by atoms with Gasteiger partial charge in [0.25, 0.3) is 0 Å². The summed E-state index contributed by atoms with van der Waals surface area (Å²) in [5, 5.41) is 6.01. The molecule has 3 heterocycles. The van der Waals surface area contributed by atoms with E-state index in [0.29, 0.717) is 5.57 Å². The van der Waals surface area contributed by atoms with Crippen LogP contribution in [-0.2, 0) is 30.3 Å². The van der Waals surface area contributed by atoms with Gasteiger partial charge in [-0.15, -0.1) is 23.1 Å². The van der Waals surface area contributed by atoms with Crippen molar-refractivity contribution in [2.24, 2.45) is 0 Å². The third-order valence-corrected chi connectivity index (χ3v) is 8.48. The number of fused-ring (bicyclic) bond motifs is 1. The fraction of sp³-hybridized carbons (Fsp3) is 0.200. The van der Waals surface area contributed by atoms with Crippen LogP contribution in [0.2, 0.25) is 0 Å². The van der Waals surface area contributed by atoms with E-state index in [-0.39, 0.29) is 24.0 Å². The van der Waals surface area contributed by atoms with Crippen LogP contribution in [0.25, 0.3) is 0 Å². The molecule has 5 rings (SSSR count). The van der Waals surface area contributed by atoms with Gasteiger partial charge < -0.3 is 15.0 Å². The second-order valence-electron chi connectivity index (χ2n) is 9.18. The topological polar surface area (TPSA) is 92.8 Å². The molecule has 0 bridgehead atoms. The first-order valence-corrected chi connectivity index (χ1v) is 14.2. The fourth-order valence-corrected chi connectivity index (χ4v) is 6.47. The number of β-lactam (4-membered cyclic amide) rings is 1. The van der Waals surface area contributed by atoms with Gasteiger partial charge in [-0.3, -0.25) is 14.4 Å². The minimum absolute atomic E-state index is 0.183. The maximum absolute atomic E-state index is 13.8. The highest BCUT2D eigenvalue weighted by atomic mass is 32.2. The molecule has 0 spiro atoms. The van der Waals surface area contributed by atoms with Crippen LogP contribution < -0.4 is 5.32 Å². The van der Waals surface area contributed by atoms with E-state index in [1.807, 2.05) is 78.2 Å². The number of amides is 2. The molecule has 198 valence electrons. The van der Waals surface area contributed by atoms with E-state index in [1.165, 1.54) is 41.0 Å². The lowest BCUT2D eigenvalue weighted by Gasteiger charge is -2.51. The molecule has 3 atom stereocenters. The Morgan fingerprint density at radius 1 is 1.00 bits per heavy atom. The molecule has 9 heteroatoms. The number of rotatable bonds is 9. The lowest BCUT2D eigenvalue weighted by Crippen LogP contribution is -2.74. The number of thiophene rings is 1. The summed E-state index contributed by atoms with van der Waals surface area (Å²) in [6.07, 6.45) is 2.41. The largest absolute Gasteiger partial charge is 0.451 e. The summed E-state index contributed by atoms with van der Waals surface area (Å²) in [7, 11) is 0. The molecule has 2 aliphatic rings. The monoisotopic (exact) mass is 558 g/mol. The minimum atomic E-state index is -1.06. The van der Waals surface area contributed by atoms with E-state index in [0.717, 1.165) is 16.0 Å². The maximum atomic E-state index is 13.8. The standard InChI is InChI=1S/C30H26N2O5S2/c1-19(33)14-15-22-18-39-29-25(31-24(34)17-23-13-8-16-38-23)28(35)32(29)26(22)30(36)37-27(20-9-4-2-5-10-20)21-11-6-3-7-12-21/h2-16,18,25-27,29H,17H2,1H3,(H,31,34)/b15-14+/t25-,26?,29-/m1/s1. The van der Waals surface area contributed by atoms with E-state index in [1.54, 1.807) is 11.5 Å². The van der Waals surface area contributed by atoms with Gasteiger partial charge in [0, 0.05) is 4.88 Å². The molecule has 2 aliphatic heterocycles. The fourth-order valence-electron chi connectivity index (χ4n) is 4.57. The zero-order chi connectivity index (χ0) is 27.4. The first-order chi connectivity index (χ1) is 18.9. The molecule has 0 radical (unpaired) electrons. The van der Waals surface area contributed by atoms with Crippen molar-refractivity contribution in [2.45, 2.75) is 36.9 Å². The number of carbonyl (C=O) groups excluding carboxylic acids is 4. The molecule has 1 saturated heterocycles. The van der Waals surface area contributed by atoms with E-state index in [9.17, 15) is 19.2 Å². The van der Waals surface area contributed by atoms with Crippen LogP contribution in [0, 0.1) is 0 Å². The highest BCUT2D eigenvalue weighted by Crippen LogP contribution is 2.41. The Hall–Kier alpha value is -3.95. The van der Waals surface area contributed by atoms with Crippen molar-refractivity contribution >= 4 is 46.7 Å². The van der Waals surface area contributed by atoms with Gasteiger partial charge in [-0.25, -0.2) is 4.79 Å². The van der Waals surface area contributed by atoms with Crippen LogP contribution in [0.15, 0.2) is 101 Å². The van der Waals surface area contributed by atoms with Crippen molar-refractivity contribution in [3.63, 3.8) is 0 Å². The van der Waals surface area contributed by atoms with Crippen molar-refractivity contribution in [1.29, 1.82) is 0 Å². The van der Waals surface area contributed by atoms with Gasteiger partial charge in [0.05, 0.1) is 6.42 Å². The first kappa shape index (κ1) is 26.6. The molecule has 39 heavy (non-hydrogen) atoms. The number of nitrogens with one attached hydrogen (secondary N) is 1. The molecule has 2 amide bonds. The highest BCUT2D eigenvalue weighted by Gasteiger charge is 2.56. The number of allylic oxidation sites excluding steroid dienone is 1. The molecule has 2 aromatic carbocycles. The van der Waals surface area contributed by atoms with Crippen LogP contribution in [0.4, 0.5) is 0 Å². The van der Waals surface area contributed by atoms with Gasteiger partial charge >= 0.3 is 5.97 Å². The summed E-state index contributed by atoms with van der Waals surface area (Å²) in [6.45, 7) is 1.41. The zero-order valence-electron chi connectivity index (χ0n) is 21.1. The van der Waals surface area contributed by atoms with E-state index in [2.05, 4.69) is 5.32 Å². The van der Waals surface area contributed by atoms with Crippen LogP contribution >= 0.6 is 23.1 Å². The number of nitrogens with zero attached hydrogens (tertiary/aromatic N) is 1.